The topological polar surface area (TPSA) is 92.0 Å². The smallest absolute Gasteiger partial charge is 0.338 e. The highest BCUT2D eigenvalue weighted by molar-refractivity contribution is 7.16. The van der Waals surface area contributed by atoms with Crippen LogP contribution in [0.25, 0.3) is 4.96 Å². The van der Waals surface area contributed by atoms with Gasteiger partial charge >= 0.3 is 5.97 Å². The molecule has 0 unspecified atom stereocenters. The second kappa shape index (κ2) is 6.75. The van der Waals surface area contributed by atoms with Crippen LogP contribution in [0.5, 0.6) is 11.5 Å². The Morgan fingerprint density at radius 1 is 1.31 bits per heavy atom. The second-order valence-corrected chi connectivity index (χ2v) is 6.71. The number of esters is 1. The van der Waals surface area contributed by atoms with Crippen molar-refractivity contribution in [2.75, 3.05) is 6.79 Å². The van der Waals surface area contributed by atoms with Crippen LogP contribution in [0.15, 0.2) is 29.1 Å². The number of fused-ring (bicyclic) bond motifs is 2. The molecule has 0 saturated carbocycles. The summed E-state index contributed by atoms with van der Waals surface area (Å²) in [6.07, 6.45) is 1.73. The Morgan fingerprint density at radius 2 is 2.15 bits per heavy atom. The number of carbonyl (C=O) groups is 1. The number of carbonyl (C=O) groups excluding carboxylic acids is 1. The van der Waals surface area contributed by atoms with E-state index in [0.29, 0.717) is 27.7 Å². The lowest BCUT2D eigenvalue weighted by atomic mass is 10.2. The highest BCUT2D eigenvalue weighted by atomic mass is 32.1. The maximum absolute atomic E-state index is 12.2. The van der Waals surface area contributed by atoms with Crippen molar-refractivity contribution >= 4 is 22.3 Å². The van der Waals surface area contributed by atoms with E-state index >= 15 is 0 Å². The maximum atomic E-state index is 12.2. The molecule has 26 heavy (non-hydrogen) atoms. The van der Waals surface area contributed by atoms with Gasteiger partial charge in [-0.15, -0.1) is 0 Å². The van der Waals surface area contributed by atoms with E-state index in [2.05, 4.69) is 10.1 Å². The Morgan fingerprint density at radius 3 is 3.00 bits per heavy atom. The van der Waals surface area contributed by atoms with Crippen molar-refractivity contribution in [1.82, 2.24) is 14.6 Å². The molecule has 134 valence electrons. The molecule has 0 saturated heterocycles. The SMILES string of the molecule is CCCc1nn2c(=O)cc(COC(=O)c3ccc4c(c3)OCO4)nc2s1. The summed E-state index contributed by atoms with van der Waals surface area (Å²) in [5.41, 5.74) is 0.439. The van der Waals surface area contributed by atoms with E-state index in [4.69, 9.17) is 14.2 Å². The molecule has 2 aromatic heterocycles. The zero-order chi connectivity index (χ0) is 18.1. The third-order valence-electron chi connectivity index (χ3n) is 3.76. The van der Waals surface area contributed by atoms with Crippen molar-refractivity contribution in [2.24, 2.45) is 0 Å². The normalized spacial score (nSPS) is 12.5. The Bertz CT molecular complexity index is 1040. The van der Waals surface area contributed by atoms with Crippen LogP contribution in [0, 0.1) is 0 Å². The first-order chi connectivity index (χ1) is 12.6. The van der Waals surface area contributed by atoms with Crippen molar-refractivity contribution in [2.45, 2.75) is 26.4 Å². The van der Waals surface area contributed by atoms with E-state index in [-0.39, 0.29) is 19.0 Å². The number of aromatic nitrogens is 3. The van der Waals surface area contributed by atoms with Crippen molar-refractivity contribution in [1.29, 1.82) is 0 Å². The third kappa shape index (κ3) is 3.13. The number of hydrogen-bond donors (Lipinski definition) is 0. The van der Waals surface area contributed by atoms with Gasteiger partial charge in [-0.05, 0) is 24.6 Å². The first-order valence-corrected chi connectivity index (χ1v) is 8.91. The molecule has 0 fully saturated rings. The van der Waals surface area contributed by atoms with Crippen LogP contribution in [0.3, 0.4) is 0 Å². The van der Waals surface area contributed by atoms with Gasteiger partial charge in [-0.3, -0.25) is 4.79 Å². The Labute approximate surface area is 152 Å². The summed E-state index contributed by atoms with van der Waals surface area (Å²) >= 11 is 1.36. The van der Waals surface area contributed by atoms with Gasteiger partial charge in [0.05, 0.1) is 11.3 Å². The second-order valence-electron chi connectivity index (χ2n) is 5.67. The predicted molar refractivity (Wildman–Crippen MR) is 92.8 cm³/mol. The van der Waals surface area contributed by atoms with E-state index in [1.54, 1.807) is 18.2 Å². The Balaban J connectivity index is 1.50. The van der Waals surface area contributed by atoms with E-state index in [1.165, 1.54) is 21.9 Å². The number of aryl methyl sites for hydroxylation is 1. The van der Waals surface area contributed by atoms with Gasteiger partial charge in [0.15, 0.2) is 11.5 Å². The molecule has 3 heterocycles. The number of benzene rings is 1. The number of nitrogens with zero attached hydrogens (tertiary/aromatic N) is 3. The van der Waals surface area contributed by atoms with Gasteiger partial charge in [0.2, 0.25) is 11.8 Å². The predicted octanol–water partition coefficient (Wildman–Crippen LogP) is 2.19. The molecule has 0 aliphatic carbocycles. The largest absolute Gasteiger partial charge is 0.456 e. The average Bonchev–Trinajstić information content (AvgIpc) is 3.25. The molecule has 0 atom stereocenters. The van der Waals surface area contributed by atoms with Crippen LogP contribution in [0.4, 0.5) is 0 Å². The van der Waals surface area contributed by atoms with E-state index < -0.39 is 5.97 Å². The van der Waals surface area contributed by atoms with Gasteiger partial charge in [0.1, 0.15) is 11.6 Å². The minimum absolute atomic E-state index is 0.0972. The van der Waals surface area contributed by atoms with Crippen molar-refractivity contribution in [3.8, 4) is 11.5 Å². The molecule has 8 nitrogen and oxygen atoms in total. The monoisotopic (exact) mass is 373 g/mol. The number of rotatable bonds is 5. The summed E-state index contributed by atoms with van der Waals surface area (Å²) in [7, 11) is 0. The standard InChI is InChI=1S/C17H15N3O5S/c1-2-3-14-19-20-15(21)7-11(18-17(20)26-14)8-23-16(22)10-4-5-12-13(6-10)25-9-24-12/h4-7H,2-3,8-9H2,1H3. The van der Waals surface area contributed by atoms with Gasteiger partial charge in [-0.25, -0.2) is 9.78 Å². The fraction of sp³-hybridized carbons (Fsp3) is 0.294. The van der Waals surface area contributed by atoms with Gasteiger partial charge in [-0.2, -0.15) is 9.61 Å². The highest BCUT2D eigenvalue weighted by Gasteiger charge is 2.17. The van der Waals surface area contributed by atoms with Gasteiger partial charge in [-0.1, -0.05) is 18.3 Å². The third-order valence-corrected chi connectivity index (χ3v) is 4.73. The number of ether oxygens (including phenoxy) is 3. The lowest BCUT2D eigenvalue weighted by Crippen LogP contribution is -2.16. The minimum Gasteiger partial charge on any atom is -0.456 e. The summed E-state index contributed by atoms with van der Waals surface area (Å²) in [6, 6.07) is 6.15. The minimum atomic E-state index is -0.527. The van der Waals surface area contributed by atoms with Crippen LogP contribution >= 0.6 is 11.3 Å². The van der Waals surface area contributed by atoms with Crippen LogP contribution in [-0.4, -0.2) is 27.4 Å². The molecule has 0 radical (unpaired) electrons. The van der Waals surface area contributed by atoms with E-state index in [1.807, 2.05) is 6.92 Å². The van der Waals surface area contributed by atoms with Crippen molar-refractivity contribution < 1.29 is 19.0 Å². The quantitative estimate of drug-likeness (QED) is 0.633. The molecule has 0 N–H and O–H groups in total. The molecule has 9 heteroatoms. The molecule has 1 aliphatic rings. The van der Waals surface area contributed by atoms with Crippen LogP contribution in [0.2, 0.25) is 0 Å². The van der Waals surface area contributed by atoms with E-state index in [0.717, 1.165) is 17.8 Å². The highest BCUT2D eigenvalue weighted by Crippen LogP contribution is 2.32. The van der Waals surface area contributed by atoms with Crippen molar-refractivity contribution in [3.05, 3.63) is 50.9 Å². The fourth-order valence-corrected chi connectivity index (χ4v) is 3.55. The van der Waals surface area contributed by atoms with Crippen LogP contribution in [-0.2, 0) is 17.8 Å². The molecule has 0 amide bonds. The summed E-state index contributed by atoms with van der Waals surface area (Å²) in [5, 5.41) is 5.10. The number of hydrogen-bond acceptors (Lipinski definition) is 8. The molecule has 1 aliphatic heterocycles. The maximum Gasteiger partial charge on any atom is 0.338 e. The molecule has 4 rings (SSSR count). The average molecular weight is 373 g/mol. The van der Waals surface area contributed by atoms with E-state index in [9.17, 15) is 9.59 Å². The zero-order valence-electron chi connectivity index (χ0n) is 13.9. The zero-order valence-corrected chi connectivity index (χ0v) is 14.7. The van der Waals surface area contributed by atoms with Crippen molar-refractivity contribution in [3.63, 3.8) is 0 Å². The Kier molecular flexibility index (Phi) is 4.29. The summed E-state index contributed by atoms with van der Waals surface area (Å²) in [6.45, 7) is 2.08. The Hall–Kier alpha value is -2.94. The molecule has 1 aromatic carbocycles. The van der Waals surface area contributed by atoms with Crippen LogP contribution < -0.4 is 15.0 Å². The summed E-state index contributed by atoms with van der Waals surface area (Å²) in [4.78, 5) is 29.2. The first kappa shape index (κ1) is 16.5. The molecule has 0 spiro atoms. The van der Waals surface area contributed by atoms with Gasteiger partial charge in [0, 0.05) is 12.5 Å². The molecular formula is C17H15N3O5S. The lowest BCUT2D eigenvalue weighted by molar-refractivity contribution is 0.0467. The first-order valence-electron chi connectivity index (χ1n) is 8.09. The fourth-order valence-electron chi connectivity index (χ4n) is 2.53. The van der Waals surface area contributed by atoms with Crippen LogP contribution in [0.1, 0.15) is 34.4 Å². The van der Waals surface area contributed by atoms with Gasteiger partial charge in [0.25, 0.3) is 5.56 Å². The van der Waals surface area contributed by atoms with Gasteiger partial charge < -0.3 is 14.2 Å². The summed E-state index contributed by atoms with van der Waals surface area (Å²) < 4.78 is 17.0. The molecule has 0 bridgehead atoms. The molecular weight excluding hydrogens is 358 g/mol. The summed E-state index contributed by atoms with van der Waals surface area (Å²) in [5.74, 6) is 0.571. The molecule has 3 aromatic rings. The lowest BCUT2D eigenvalue weighted by Gasteiger charge is -2.05.